The summed E-state index contributed by atoms with van der Waals surface area (Å²) < 4.78 is 5.64. The molecule has 1 aliphatic rings. The minimum Gasteiger partial charge on any atom is -0.491 e. The van der Waals surface area contributed by atoms with Gasteiger partial charge in [0.15, 0.2) is 0 Å². The maximum Gasteiger partial charge on any atom is 0.119 e. The highest BCUT2D eigenvalue weighted by molar-refractivity contribution is 5.32. The molecule has 0 radical (unpaired) electrons. The Kier molecular flexibility index (Phi) is 4.16. The van der Waals surface area contributed by atoms with Gasteiger partial charge in [0.1, 0.15) is 18.5 Å². The highest BCUT2D eigenvalue weighted by Crippen LogP contribution is 2.44. The van der Waals surface area contributed by atoms with Crippen molar-refractivity contribution in [2.75, 3.05) is 13.2 Å². The molecule has 2 unspecified atom stereocenters. The zero-order chi connectivity index (χ0) is 14.0. The van der Waals surface area contributed by atoms with Gasteiger partial charge in [0.25, 0.3) is 0 Å². The lowest BCUT2D eigenvalue weighted by atomic mass is 10.1. The Morgan fingerprint density at radius 2 is 1.89 bits per heavy atom. The number of hydrogen-bond donors (Lipinski definition) is 2. The van der Waals surface area contributed by atoms with E-state index in [1.807, 2.05) is 26.0 Å². The summed E-state index contributed by atoms with van der Waals surface area (Å²) in [5, 5.41) is 13.3. The fourth-order valence-electron chi connectivity index (χ4n) is 2.36. The van der Waals surface area contributed by atoms with Crippen LogP contribution in [-0.4, -0.2) is 30.4 Å². The molecular weight excluding hydrogens is 238 g/mol. The molecule has 2 atom stereocenters. The molecule has 1 aromatic rings. The van der Waals surface area contributed by atoms with Gasteiger partial charge in [0, 0.05) is 12.6 Å². The van der Waals surface area contributed by atoms with Crippen LogP contribution in [0.5, 0.6) is 5.75 Å². The molecule has 3 nitrogen and oxygen atoms in total. The Morgan fingerprint density at radius 1 is 1.32 bits per heavy atom. The van der Waals surface area contributed by atoms with Crippen LogP contribution in [0.2, 0.25) is 0 Å². The van der Waals surface area contributed by atoms with Crippen LogP contribution >= 0.6 is 0 Å². The number of aliphatic hydroxyl groups is 1. The van der Waals surface area contributed by atoms with E-state index in [1.54, 1.807) is 0 Å². The normalized spacial score (nSPS) is 22.1. The van der Waals surface area contributed by atoms with Gasteiger partial charge in [-0.05, 0) is 48.9 Å². The number of ether oxygens (including phenoxy) is 1. The van der Waals surface area contributed by atoms with E-state index in [0.717, 1.165) is 5.75 Å². The molecule has 3 heteroatoms. The summed E-state index contributed by atoms with van der Waals surface area (Å²) in [5.74, 6) is 0.836. The lowest BCUT2D eigenvalue weighted by molar-refractivity contribution is 0.105. The number of hydrogen-bond acceptors (Lipinski definition) is 3. The number of nitrogens with one attached hydrogen (secondary N) is 1. The number of benzene rings is 1. The molecule has 1 aromatic carbocycles. The van der Waals surface area contributed by atoms with Gasteiger partial charge in [0.2, 0.25) is 0 Å². The minimum atomic E-state index is -0.461. The molecule has 19 heavy (non-hydrogen) atoms. The molecule has 0 aromatic heterocycles. The first-order valence-corrected chi connectivity index (χ1v) is 6.99. The van der Waals surface area contributed by atoms with Crippen molar-refractivity contribution < 1.29 is 9.84 Å². The SMILES string of the molecule is Cc1cc(C)cc(OCC(O)CNC2CC2(C)C)c1. The third-order valence-corrected chi connectivity index (χ3v) is 3.75. The molecule has 1 aliphatic carbocycles. The van der Waals surface area contributed by atoms with Gasteiger partial charge in [-0.25, -0.2) is 0 Å². The second kappa shape index (κ2) is 5.51. The second-order valence-corrected chi connectivity index (χ2v) is 6.44. The predicted molar refractivity (Wildman–Crippen MR) is 77.6 cm³/mol. The molecule has 1 saturated carbocycles. The van der Waals surface area contributed by atoms with Gasteiger partial charge < -0.3 is 15.2 Å². The first-order chi connectivity index (χ1) is 8.87. The Balaban J connectivity index is 1.72. The maximum atomic E-state index is 9.91. The zero-order valence-electron chi connectivity index (χ0n) is 12.4. The largest absolute Gasteiger partial charge is 0.491 e. The summed E-state index contributed by atoms with van der Waals surface area (Å²) >= 11 is 0. The van der Waals surface area contributed by atoms with E-state index in [-0.39, 0.29) is 0 Å². The summed E-state index contributed by atoms with van der Waals surface area (Å²) in [6, 6.07) is 6.65. The summed E-state index contributed by atoms with van der Waals surface area (Å²) in [7, 11) is 0. The second-order valence-electron chi connectivity index (χ2n) is 6.44. The van der Waals surface area contributed by atoms with E-state index in [2.05, 4.69) is 25.2 Å². The van der Waals surface area contributed by atoms with Gasteiger partial charge in [-0.3, -0.25) is 0 Å². The van der Waals surface area contributed by atoms with Crippen LogP contribution in [0.15, 0.2) is 18.2 Å². The number of aliphatic hydroxyl groups excluding tert-OH is 1. The highest BCUT2D eigenvalue weighted by Gasteiger charge is 2.45. The summed E-state index contributed by atoms with van der Waals surface area (Å²) in [6.07, 6.45) is 0.731. The van der Waals surface area contributed by atoms with E-state index in [0.29, 0.717) is 24.6 Å². The fourth-order valence-corrected chi connectivity index (χ4v) is 2.36. The number of rotatable bonds is 6. The molecule has 0 aliphatic heterocycles. The van der Waals surface area contributed by atoms with Crippen LogP contribution in [0, 0.1) is 19.3 Å². The van der Waals surface area contributed by atoms with Gasteiger partial charge in [-0.15, -0.1) is 0 Å². The predicted octanol–water partition coefficient (Wildman–Crippen LogP) is 2.43. The van der Waals surface area contributed by atoms with Gasteiger partial charge >= 0.3 is 0 Å². The third-order valence-electron chi connectivity index (χ3n) is 3.75. The van der Waals surface area contributed by atoms with Gasteiger partial charge in [-0.1, -0.05) is 19.9 Å². The molecule has 106 valence electrons. The van der Waals surface area contributed by atoms with E-state index >= 15 is 0 Å². The van der Waals surface area contributed by atoms with Crippen molar-refractivity contribution >= 4 is 0 Å². The van der Waals surface area contributed by atoms with Crippen molar-refractivity contribution in [3.05, 3.63) is 29.3 Å². The Morgan fingerprint density at radius 3 is 2.42 bits per heavy atom. The maximum absolute atomic E-state index is 9.91. The zero-order valence-corrected chi connectivity index (χ0v) is 12.4. The molecule has 0 bridgehead atoms. The smallest absolute Gasteiger partial charge is 0.119 e. The van der Waals surface area contributed by atoms with Crippen LogP contribution in [0.1, 0.15) is 31.4 Å². The van der Waals surface area contributed by atoms with E-state index in [4.69, 9.17) is 4.74 Å². The lowest BCUT2D eigenvalue weighted by Gasteiger charge is -2.14. The molecule has 2 N–H and O–H groups in total. The van der Waals surface area contributed by atoms with E-state index in [9.17, 15) is 5.11 Å². The molecule has 0 amide bonds. The average molecular weight is 263 g/mol. The first kappa shape index (κ1) is 14.4. The molecule has 0 heterocycles. The minimum absolute atomic E-state index is 0.336. The van der Waals surface area contributed by atoms with Gasteiger partial charge in [0.05, 0.1) is 0 Å². The van der Waals surface area contributed by atoms with Crippen molar-refractivity contribution in [2.24, 2.45) is 5.41 Å². The molecule has 1 fully saturated rings. The summed E-state index contributed by atoms with van der Waals surface area (Å²) in [6.45, 7) is 9.51. The van der Waals surface area contributed by atoms with Crippen LogP contribution in [0.3, 0.4) is 0 Å². The quantitative estimate of drug-likeness (QED) is 0.828. The monoisotopic (exact) mass is 263 g/mol. The van der Waals surface area contributed by atoms with E-state index in [1.165, 1.54) is 17.5 Å². The van der Waals surface area contributed by atoms with E-state index < -0.39 is 6.10 Å². The Bertz CT molecular complexity index is 422. The Hall–Kier alpha value is -1.06. The van der Waals surface area contributed by atoms with Crippen molar-refractivity contribution in [1.29, 1.82) is 0 Å². The van der Waals surface area contributed by atoms with Crippen molar-refractivity contribution in [3.63, 3.8) is 0 Å². The average Bonchev–Trinajstić information content (AvgIpc) is 2.90. The lowest BCUT2D eigenvalue weighted by Crippen LogP contribution is -2.34. The third kappa shape index (κ3) is 4.22. The first-order valence-electron chi connectivity index (χ1n) is 6.99. The summed E-state index contributed by atoms with van der Waals surface area (Å²) in [4.78, 5) is 0. The molecule has 2 rings (SSSR count). The number of aryl methyl sites for hydroxylation is 2. The van der Waals surface area contributed by atoms with Crippen molar-refractivity contribution in [3.8, 4) is 5.75 Å². The van der Waals surface area contributed by atoms with Crippen molar-refractivity contribution in [2.45, 2.75) is 46.3 Å². The molecule has 0 saturated heterocycles. The van der Waals surface area contributed by atoms with Crippen molar-refractivity contribution in [1.82, 2.24) is 5.32 Å². The van der Waals surface area contributed by atoms with Crippen LogP contribution in [-0.2, 0) is 0 Å². The Labute approximate surface area is 116 Å². The summed E-state index contributed by atoms with van der Waals surface area (Å²) in [5.41, 5.74) is 2.76. The molecular formula is C16H25NO2. The topological polar surface area (TPSA) is 41.5 Å². The van der Waals surface area contributed by atoms with Crippen LogP contribution in [0.25, 0.3) is 0 Å². The van der Waals surface area contributed by atoms with Gasteiger partial charge in [-0.2, -0.15) is 0 Å². The highest BCUT2D eigenvalue weighted by atomic mass is 16.5. The van der Waals surface area contributed by atoms with Crippen LogP contribution < -0.4 is 10.1 Å². The van der Waals surface area contributed by atoms with Crippen LogP contribution in [0.4, 0.5) is 0 Å². The standard InChI is InChI=1S/C16H25NO2/c1-11-5-12(2)7-14(6-11)19-10-13(18)9-17-15-8-16(15,3)4/h5-7,13,15,17-18H,8-10H2,1-4H3. The molecule has 0 spiro atoms. The fraction of sp³-hybridized carbons (Fsp3) is 0.625.